The van der Waals surface area contributed by atoms with Gasteiger partial charge in [-0.05, 0) is 67.8 Å². The van der Waals surface area contributed by atoms with Gasteiger partial charge in [-0.3, -0.25) is 9.69 Å². The van der Waals surface area contributed by atoms with Gasteiger partial charge in [-0.25, -0.2) is 0 Å². The van der Waals surface area contributed by atoms with Gasteiger partial charge in [0.2, 0.25) is 0 Å². The number of anilines is 1. The second kappa shape index (κ2) is 15.0. The fourth-order valence-corrected chi connectivity index (χ4v) is 4.91. The molecule has 0 bridgehead atoms. The van der Waals surface area contributed by atoms with E-state index < -0.39 is 0 Å². The Morgan fingerprint density at radius 3 is 2.42 bits per heavy atom. The number of phenolic OH excluding ortho intramolecular Hbond substituents is 1. The third-order valence-corrected chi connectivity index (χ3v) is 7.09. The second-order valence-electron chi connectivity index (χ2n) is 10.4. The Hall–Kier alpha value is -3.13. The number of benzene rings is 3. The van der Waals surface area contributed by atoms with E-state index in [4.69, 9.17) is 9.47 Å². The van der Waals surface area contributed by atoms with Crippen molar-refractivity contribution in [3.05, 3.63) is 77.9 Å². The number of piperazine rings is 1. The highest BCUT2D eigenvalue weighted by atomic mass is 35.5. The van der Waals surface area contributed by atoms with Crippen molar-refractivity contribution in [3.8, 4) is 23.0 Å². The van der Waals surface area contributed by atoms with Crippen LogP contribution in [0.2, 0.25) is 0 Å². The number of methoxy groups -OCH3 is 1. The number of nitrogens with one attached hydrogen (secondary N) is 1. The Morgan fingerprint density at radius 1 is 1.02 bits per heavy atom. The lowest BCUT2D eigenvalue weighted by Gasteiger charge is -2.42. The van der Waals surface area contributed by atoms with E-state index in [1.807, 2.05) is 49.4 Å². The average molecular weight is 591 g/mol. The average Bonchev–Trinajstić information content (AvgIpc) is 2.88. The number of ether oxygens (including phenoxy) is 2. The molecule has 0 unspecified atom stereocenters. The number of aromatic hydroxyl groups is 1. The van der Waals surface area contributed by atoms with E-state index in [9.17, 15) is 9.90 Å². The van der Waals surface area contributed by atoms with Gasteiger partial charge < -0.3 is 24.8 Å². The zero-order valence-electron chi connectivity index (χ0n) is 23.8. The van der Waals surface area contributed by atoms with Crippen LogP contribution in [0.4, 0.5) is 5.69 Å². The highest BCUT2D eigenvalue weighted by molar-refractivity contribution is 5.95. The van der Waals surface area contributed by atoms with Crippen LogP contribution < -0.4 is 19.7 Å². The highest BCUT2D eigenvalue weighted by Gasteiger charge is 2.28. The van der Waals surface area contributed by atoms with Crippen LogP contribution in [0.3, 0.4) is 0 Å². The van der Waals surface area contributed by atoms with Gasteiger partial charge in [0.15, 0.2) is 11.5 Å². The predicted octanol–water partition coefficient (Wildman–Crippen LogP) is 6.31. The first kappa shape index (κ1) is 33.1. The van der Waals surface area contributed by atoms with Crippen molar-refractivity contribution in [2.75, 3.05) is 38.2 Å². The summed E-state index contributed by atoms with van der Waals surface area (Å²) < 4.78 is 11.6. The lowest BCUT2D eigenvalue weighted by Crippen LogP contribution is -2.56. The zero-order valence-corrected chi connectivity index (χ0v) is 25.4. The Labute approximate surface area is 250 Å². The van der Waals surface area contributed by atoms with Crippen molar-refractivity contribution in [1.82, 2.24) is 10.2 Å². The maximum atomic E-state index is 13.3. The lowest BCUT2D eigenvalue weighted by molar-refractivity contribution is 0.0902. The molecule has 1 saturated heterocycles. The number of carbonyl (C=O) groups is 1. The lowest BCUT2D eigenvalue weighted by atomic mass is 10.0. The molecule has 0 spiro atoms. The fraction of sp³-hybridized carbons (Fsp3) is 0.387. The van der Waals surface area contributed by atoms with E-state index in [2.05, 4.69) is 35.9 Å². The maximum Gasteiger partial charge on any atom is 0.251 e. The standard InChI is InChI=1S/C31H39N3O4.2ClH/c1-21(2)28(20-33-14-15-34(23(4)19-33)25-9-7-10-26(35)18-25)32-31(36)24-12-13-29(30(17-24)37-5)38-27-11-6-8-22(3)16-27;;/h6-13,16-18,21,23,28,35H,14-15,19-20H2,1-5H3,(H,32,36);2*1H/t23-,28+;;/m0../s1. The number of hydrogen-bond acceptors (Lipinski definition) is 6. The molecule has 40 heavy (non-hydrogen) atoms. The zero-order chi connectivity index (χ0) is 27.2. The van der Waals surface area contributed by atoms with E-state index >= 15 is 0 Å². The van der Waals surface area contributed by atoms with Crippen LogP contribution in [0.1, 0.15) is 36.7 Å². The molecular weight excluding hydrogens is 549 g/mol. The molecule has 0 saturated carbocycles. The molecule has 2 N–H and O–H groups in total. The summed E-state index contributed by atoms with van der Waals surface area (Å²) in [4.78, 5) is 18.0. The number of phenols is 1. The molecule has 1 amide bonds. The summed E-state index contributed by atoms with van der Waals surface area (Å²) in [5.41, 5.74) is 2.67. The molecular formula is C31H41Cl2N3O4. The van der Waals surface area contributed by atoms with Crippen molar-refractivity contribution >= 4 is 36.4 Å². The molecule has 7 nitrogen and oxygen atoms in total. The number of amides is 1. The minimum Gasteiger partial charge on any atom is -0.508 e. The summed E-state index contributed by atoms with van der Waals surface area (Å²) in [6.07, 6.45) is 0. The van der Waals surface area contributed by atoms with Crippen molar-refractivity contribution in [2.24, 2.45) is 5.92 Å². The van der Waals surface area contributed by atoms with Crippen molar-refractivity contribution in [1.29, 1.82) is 0 Å². The van der Waals surface area contributed by atoms with E-state index in [1.165, 1.54) is 0 Å². The van der Waals surface area contributed by atoms with Gasteiger partial charge in [-0.2, -0.15) is 0 Å². The molecule has 9 heteroatoms. The van der Waals surface area contributed by atoms with E-state index in [-0.39, 0.29) is 48.4 Å². The SMILES string of the molecule is COc1cc(C(=O)N[C@H](CN2CCN(c3cccc(O)c3)[C@@H](C)C2)C(C)C)ccc1Oc1cccc(C)c1.Cl.Cl. The minimum absolute atomic E-state index is 0. The Bertz CT molecular complexity index is 1260. The van der Waals surface area contributed by atoms with Crippen LogP contribution in [0.5, 0.6) is 23.0 Å². The number of hydrogen-bond donors (Lipinski definition) is 2. The summed E-state index contributed by atoms with van der Waals surface area (Å²) in [5.74, 6) is 2.22. The number of halogens is 2. The molecule has 0 radical (unpaired) electrons. The molecule has 2 atom stereocenters. The van der Waals surface area contributed by atoms with Crippen molar-refractivity contribution in [3.63, 3.8) is 0 Å². The number of nitrogens with zero attached hydrogens (tertiary/aromatic N) is 2. The summed E-state index contributed by atoms with van der Waals surface area (Å²) >= 11 is 0. The number of rotatable bonds is 9. The second-order valence-corrected chi connectivity index (χ2v) is 10.4. The van der Waals surface area contributed by atoms with Gasteiger partial charge in [-0.15, -0.1) is 24.8 Å². The van der Waals surface area contributed by atoms with Crippen LogP contribution in [0.25, 0.3) is 0 Å². The molecule has 1 heterocycles. The van der Waals surface area contributed by atoms with Crippen LogP contribution in [0, 0.1) is 12.8 Å². The fourth-order valence-electron chi connectivity index (χ4n) is 4.91. The Kier molecular flexibility index (Phi) is 12.4. The molecule has 0 aliphatic carbocycles. The van der Waals surface area contributed by atoms with Gasteiger partial charge in [-0.1, -0.05) is 32.0 Å². The first-order valence-electron chi connectivity index (χ1n) is 13.2. The molecule has 3 aromatic carbocycles. The van der Waals surface area contributed by atoms with Gasteiger partial charge in [0.05, 0.1) is 7.11 Å². The number of carbonyl (C=O) groups excluding carboxylic acids is 1. The first-order valence-corrected chi connectivity index (χ1v) is 13.2. The maximum absolute atomic E-state index is 13.3. The van der Waals surface area contributed by atoms with Gasteiger partial charge >= 0.3 is 0 Å². The minimum atomic E-state index is -0.129. The van der Waals surface area contributed by atoms with Crippen LogP contribution in [-0.2, 0) is 0 Å². The largest absolute Gasteiger partial charge is 0.508 e. The van der Waals surface area contributed by atoms with Crippen molar-refractivity contribution in [2.45, 2.75) is 39.8 Å². The molecule has 0 aromatic heterocycles. The third-order valence-electron chi connectivity index (χ3n) is 7.09. The molecule has 218 valence electrons. The Morgan fingerprint density at radius 2 is 1.77 bits per heavy atom. The summed E-state index contributed by atoms with van der Waals surface area (Å²) in [6, 6.07) is 20.8. The highest BCUT2D eigenvalue weighted by Crippen LogP contribution is 2.33. The van der Waals surface area contributed by atoms with E-state index in [0.717, 1.165) is 43.2 Å². The Balaban J connectivity index is 0.00000280. The van der Waals surface area contributed by atoms with Gasteiger partial charge in [0.1, 0.15) is 11.5 Å². The first-order chi connectivity index (χ1) is 18.2. The quantitative estimate of drug-likeness (QED) is 0.304. The third kappa shape index (κ3) is 8.43. The van der Waals surface area contributed by atoms with Crippen molar-refractivity contribution < 1.29 is 19.4 Å². The van der Waals surface area contributed by atoms with Gasteiger partial charge in [0, 0.05) is 55.6 Å². The predicted molar refractivity (Wildman–Crippen MR) is 166 cm³/mol. The summed E-state index contributed by atoms with van der Waals surface area (Å²) in [5, 5.41) is 13.1. The topological polar surface area (TPSA) is 74.3 Å². The molecule has 4 rings (SSSR count). The summed E-state index contributed by atoms with van der Waals surface area (Å²) in [6.45, 7) is 11.9. The monoisotopic (exact) mass is 589 g/mol. The van der Waals surface area contributed by atoms with E-state index in [0.29, 0.717) is 23.1 Å². The molecule has 3 aromatic rings. The van der Waals surface area contributed by atoms with Gasteiger partial charge in [0.25, 0.3) is 5.91 Å². The van der Waals surface area contributed by atoms with Crippen LogP contribution in [-0.4, -0.2) is 61.3 Å². The van der Waals surface area contributed by atoms with E-state index in [1.54, 1.807) is 31.4 Å². The smallest absolute Gasteiger partial charge is 0.251 e. The van der Waals surface area contributed by atoms with Crippen LogP contribution in [0.15, 0.2) is 66.7 Å². The molecule has 1 fully saturated rings. The molecule has 1 aliphatic heterocycles. The number of aryl methyl sites for hydroxylation is 1. The molecule has 1 aliphatic rings. The normalized spacial score (nSPS) is 15.9. The summed E-state index contributed by atoms with van der Waals surface area (Å²) in [7, 11) is 1.58. The van der Waals surface area contributed by atoms with Crippen LogP contribution >= 0.6 is 24.8 Å².